The van der Waals surface area contributed by atoms with Gasteiger partial charge in [0.1, 0.15) is 12.6 Å². The summed E-state index contributed by atoms with van der Waals surface area (Å²) in [4.78, 5) is 8.80. The number of benzene rings is 1. The summed E-state index contributed by atoms with van der Waals surface area (Å²) >= 11 is 5.90. The van der Waals surface area contributed by atoms with Crippen molar-refractivity contribution in [3.8, 4) is 0 Å². The molecule has 0 amide bonds. The van der Waals surface area contributed by atoms with Gasteiger partial charge in [0.2, 0.25) is 5.89 Å². The van der Waals surface area contributed by atoms with E-state index in [1.807, 2.05) is 45.0 Å². The van der Waals surface area contributed by atoms with Crippen molar-refractivity contribution in [3.63, 3.8) is 0 Å². The highest BCUT2D eigenvalue weighted by atomic mass is 35.5. The second-order valence-electron chi connectivity index (χ2n) is 5.64. The molecule has 0 aliphatic rings. The molecule has 8 heteroatoms. The van der Waals surface area contributed by atoms with Gasteiger partial charge in [-0.25, -0.2) is 4.99 Å². The average Bonchev–Trinajstić information content (AvgIpc) is 3.11. The van der Waals surface area contributed by atoms with Gasteiger partial charge in [0, 0.05) is 24.7 Å². The standard InChI is InChI=1S/C18H26ClN5O2/c1-4-20-18(21-11-10-14-6-8-15(19)9-7-14)22-12-16-23-17(24-26-16)13(3)25-5-2/h6-9,13H,4-5,10-12H2,1-3H3,(H2,20,21,22). The number of rotatable bonds is 9. The van der Waals surface area contributed by atoms with Crippen LogP contribution in [0.4, 0.5) is 0 Å². The zero-order chi connectivity index (χ0) is 18.8. The summed E-state index contributed by atoms with van der Waals surface area (Å²) in [5.74, 6) is 1.71. The number of halogens is 1. The molecule has 2 rings (SSSR count). The van der Waals surface area contributed by atoms with Gasteiger partial charge in [0.05, 0.1) is 0 Å². The molecule has 0 aliphatic heterocycles. The molecule has 2 N–H and O–H groups in total. The second-order valence-corrected chi connectivity index (χ2v) is 6.08. The van der Waals surface area contributed by atoms with E-state index in [2.05, 4.69) is 25.8 Å². The van der Waals surface area contributed by atoms with Gasteiger partial charge >= 0.3 is 0 Å². The number of aliphatic imine (C=N–C) groups is 1. The van der Waals surface area contributed by atoms with Crippen molar-refractivity contribution in [1.82, 2.24) is 20.8 Å². The van der Waals surface area contributed by atoms with Crippen molar-refractivity contribution >= 4 is 17.6 Å². The van der Waals surface area contributed by atoms with Crippen LogP contribution in [0.3, 0.4) is 0 Å². The van der Waals surface area contributed by atoms with Crippen molar-refractivity contribution in [1.29, 1.82) is 0 Å². The fourth-order valence-electron chi connectivity index (χ4n) is 2.29. The molecular formula is C18H26ClN5O2. The molecule has 0 saturated carbocycles. The zero-order valence-electron chi connectivity index (χ0n) is 15.5. The predicted octanol–water partition coefficient (Wildman–Crippen LogP) is 3.12. The van der Waals surface area contributed by atoms with Crippen LogP contribution in [0.5, 0.6) is 0 Å². The molecule has 0 aliphatic carbocycles. The van der Waals surface area contributed by atoms with Crippen molar-refractivity contribution in [2.75, 3.05) is 19.7 Å². The normalized spacial score (nSPS) is 12.8. The Bertz CT molecular complexity index is 687. The fourth-order valence-corrected chi connectivity index (χ4v) is 2.41. The molecule has 7 nitrogen and oxygen atoms in total. The molecule has 1 unspecified atom stereocenters. The quantitative estimate of drug-likeness (QED) is 0.514. The van der Waals surface area contributed by atoms with E-state index in [0.717, 1.165) is 24.5 Å². The molecule has 26 heavy (non-hydrogen) atoms. The minimum Gasteiger partial charge on any atom is -0.371 e. The summed E-state index contributed by atoms with van der Waals surface area (Å²) in [6, 6.07) is 7.83. The van der Waals surface area contributed by atoms with Crippen LogP contribution in [0.2, 0.25) is 5.02 Å². The van der Waals surface area contributed by atoms with Gasteiger partial charge < -0.3 is 19.9 Å². The molecule has 0 fully saturated rings. The highest BCUT2D eigenvalue weighted by Gasteiger charge is 2.13. The van der Waals surface area contributed by atoms with Gasteiger partial charge in [0.25, 0.3) is 0 Å². The molecule has 0 radical (unpaired) electrons. The van der Waals surface area contributed by atoms with E-state index >= 15 is 0 Å². The number of hydrogen-bond donors (Lipinski definition) is 2. The minimum absolute atomic E-state index is 0.188. The van der Waals surface area contributed by atoms with Crippen LogP contribution >= 0.6 is 11.6 Å². The first-order chi connectivity index (χ1) is 12.6. The van der Waals surface area contributed by atoms with Crippen molar-refractivity contribution in [2.24, 2.45) is 4.99 Å². The third-order valence-corrected chi connectivity index (χ3v) is 3.85. The molecule has 1 atom stereocenters. The van der Waals surface area contributed by atoms with Crippen molar-refractivity contribution < 1.29 is 9.26 Å². The van der Waals surface area contributed by atoms with Crippen LogP contribution in [-0.4, -0.2) is 35.8 Å². The monoisotopic (exact) mass is 379 g/mol. The Hall–Kier alpha value is -2.12. The Morgan fingerprint density at radius 3 is 2.73 bits per heavy atom. The van der Waals surface area contributed by atoms with Crippen LogP contribution in [0.15, 0.2) is 33.8 Å². The summed E-state index contributed by atoms with van der Waals surface area (Å²) in [6.45, 7) is 8.27. The van der Waals surface area contributed by atoms with Gasteiger partial charge in [-0.1, -0.05) is 28.9 Å². The second kappa shape index (κ2) is 10.8. The highest BCUT2D eigenvalue weighted by Crippen LogP contribution is 2.13. The van der Waals surface area contributed by atoms with Gasteiger partial charge in [-0.2, -0.15) is 4.98 Å². The van der Waals surface area contributed by atoms with E-state index in [0.29, 0.717) is 30.8 Å². The first-order valence-corrected chi connectivity index (χ1v) is 9.20. The Morgan fingerprint density at radius 2 is 2.04 bits per heavy atom. The van der Waals surface area contributed by atoms with Gasteiger partial charge in [-0.05, 0) is 44.9 Å². The lowest BCUT2D eigenvalue weighted by atomic mass is 10.1. The van der Waals surface area contributed by atoms with Crippen LogP contribution in [0, 0.1) is 0 Å². The molecule has 0 saturated heterocycles. The van der Waals surface area contributed by atoms with Crippen LogP contribution in [-0.2, 0) is 17.7 Å². The maximum absolute atomic E-state index is 5.90. The summed E-state index contributed by atoms with van der Waals surface area (Å²) in [5.41, 5.74) is 1.21. The summed E-state index contributed by atoms with van der Waals surface area (Å²) in [5, 5.41) is 11.2. The molecular weight excluding hydrogens is 354 g/mol. The summed E-state index contributed by atoms with van der Waals surface area (Å²) < 4.78 is 10.7. The number of aromatic nitrogens is 2. The topological polar surface area (TPSA) is 84.6 Å². The highest BCUT2D eigenvalue weighted by molar-refractivity contribution is 6.30. The molecule has 2 aromatic rings. The number of nitrogens with zero attached hydrogens (tertiary/aromatic N) is 3. The maximum Gasteiger partial charge on any atom is 0.248 e. The lowest BCUT2D eigenvalue weighted by Gasteiger charge is -2.10. The van der Waals surface area contributed by atoms with Crippen molar-refractivity contribution in [2.45, 2.75) is 39.8 Å². The first kappa shape index (κ1) is 20.2. The van der Waals surface area contributed by atoms with Gasteiger partial charge in [0.15, 0.2) is 11.8 Å². The third-order valence-electron chi connectivity index (χ3n) is 3.60. The van der Waals surface area contributed by atoms with E-state index in [1.165, 1.54) is 5.56 Å². The van der Waals surface area contributed by atoms with Crippen LogP contribution < -0.4 is 10.6 Å². The predicted molar refractivity (Wildman–Crippen MR) is 102 cm³/mol. The SMILES string of the molecule is CCNC(=NCc1nc(C(C)OCC)no1)NCCc1ccc(Cl)cc1. The van der Waals surface area contributed by atoms with E-state index < -0.39 is 0 Å². The lowest BCUT2D eigenvalue weighted by Crippen LogP contribution is -2.38. The molecule has 1 aromatic heterocycles. The molecule has 0 bridgehead atoms. The largest absolute Gasteiger partial charge is 0.371 e. The number of hydrogen-bond acceptors (Lipinski definition) is 5. The van der Waals surface area contributed by atoms with Crippen molar-refractivity contribution in [3.05, 3.63) is 46.6 Å². The zero-order valence-corrected chi connectivity index (χ0v) is 16.2. The average molecular weight is 380 g/mol. The van der Waals surface area contributed by atoms with Gasteiger partial charge in [-0.15, -0.1) is 0 Å². The van der Waals surface area contributed by atoms with E-state index in [4.69, 9.17) is 20.9 Å². The summed E-state index contributed by atoms with van der Waals surface area (Å²) in [6.07, 6.45) is 0.685. The molecule has 142 valence electrons. The van der Waals surface area contributed by atoms with Crippen LogP contribution in [0.25, 0.3) is 0 Å². The molecule has 0 spiro atoms. The minimum atomic E-state index is -0.188. The third kappa shape index (κ3) is 6.65. The molecule has 1 heterocycles. The number of ether oxygens (including phenoxy) is 1. The van der Waals surface area contributed by atoms with Gasteiger partial charge in [-0.3, -0.25) is 0 Å². The Balaban J connectivity index is 1.86. The smallest absolute Gasteiger partial charge is 0.248 e. The van der Waals surface area contributed by atoms with E-state index in [1.54, 1.807) is 0 Å². The fraction of sp³-hybridized carbons (Fsp3) is 0.500. The molecule has 1 aromatic carbocycles. The number of guanidine groups is 1. The number of nitrogens with one attached hydrogen (secondary N) is 2. The summed E-state index contributed by atoms with van der Waals surface area (Å²) in [7, 11) is 0. The van der Waals surface area contributed by atoms with E-state index in [9.17, 15) is 0 Å². The lowest BCUT2D eigenvalue weighted by molar-refractivity contribution is 0.0683. The maximum atomic E-state index is 5.90. The Labute approximate surface area is 159 Å². The first-order valence-electron chi connectivity index (χ1n) is 8.83. The Kier molecular flexibility index (Phi) is 8.37. The Morgan fingerprint density at radius 1 is 1.27 bits per heavy atom. The van der Waals surface area contributed by atoms with E-state index in [-0.39, 0.29) is 6.10 Å². The van der Waals surface area contributed by atoms with Crippen LogP contribution in [0.1, 0.15) is 44.2 Å².